The van der Waals surface area contributed by atoms with Crippen molar-refractivity contribution >= 4 is 33.6 Å². The summed E-state index contributed by atoms with van der Waals surface area (Å²) in [7, 11) is 0. The van der Waals surface area contributed by atoms with Crippen molar-refractivity contribution < 1.29 is 0 Å². The highest BCUT2D eigenvalue weighted by molar-refractivity contribution is 9.10. The van der Waals surface area contributed by atoms with Crippen molar-refractivity contribution in [2.45, 2.75) is 23.8 Å². The Morgan fingerprint density at radius 3 is 2.83 bits per heavy atom. The molecule has 0 spiro atoms. The monoisotopic (exact) mass is 323 g/mol. The van der Waals surface area contributed by atoms with Crippen molar-refractivity contribution in [2.24, 2.45) is 0 Å². The quantitative estimate of drug-likeness (QED) is 0.858. The Morgan fingerprint density at radius 2 is 2.11 bits per heavy atom. The van der Waals surface area contributed by atoms with Crippen LogP contribution in [0.4, 0.5) is 5.95 Å². The lowest BCUT2D eigenvalue weighted by Crippen LogP contribution is -2.03. The highest BCUT2D eigenvalue weighted by Gasteiger charge is 2.04. The van der Waals surface area contributed by atoms with Gasteiger partial charge in [0.25, 0.3) is 0 Å². The van der Waals surface area contributed by atoms with Gasteiger partial charge in [-0.3, -0.25) is 0 Å². The lowest BCUT2D eigenvalue weighted by atomic mass is 10.4. The van der Waals surface area contributed by atoms with Crippen LogP contribution in [0.15, 0.2) is 44.7 Å². The average molecular weight is 324 g/mol. The summed E-state index contributed by atoms with van der Waals surface area (Å²) < 4.78 is 1.07. The maximum atomic E-state index is 4.47. The van der Waals surface area contributed by atoms with Crippen molar-refractivity contribution in [3.8, 4) is 0 Å². The largest absolute Gasteiger partial charge is 0.354 e. The van der Waals surface area contributed by atoms with E-state index in [1.54, 1.807) is 11.8 Å². The van der Waals surface area contributed by atoms with E-state index in [0.29, 0.717) is 5.95 Å². The molecule has 5 heteroatoms. The summed E-state index contributed by atoms with van der Waals surface area (Å²) in [6.45, 7) is 4.84. The van der Waals surface area contributed by atoms with E-state index in [2.05, 4.69) is 43.3 Å². The number of hydrogen-bond acceptors (Lipinski definition) is 4. The van der Waals surface area contributed by atoms with Gasteiger partial charge in [0.05, 0.1) is 0 Å². The van der Waals surface area contributed by atoms with Crippen LogP contribution in [0.25, 0.3) is 0 Å². The van der Waals surface area contributed by atoms with Crippen LogP contribution in [0.3, 0.4) is 0 Å². The maximum absolute atomic E-state index is 4.47. The fourth-order valence-electron chi connectivity index (χ4n) is 1.48. The van der Waals surface area contributed by atoms with Crippen molar-refractivity contribution in [1.29, 1.82) is 0 Å². The number of nitrogens with one attached hydrogen (secondary N) is 1. The van der Waals surface area contributed by atoms with Gasteiger partial charge < -0.3 is 5.32 Å². The van der Waals surface area contributed by atoms with Gasteiger partial charge in [0.1, 0.15) is 5.03 Å². The Kier molecular flexibility index (Phi) is 4.60. The summed E-state index contributed by atoms with van der Waals surface area (Å²) >= 11 is 5.11. The number of aromatic nitrogens is 2. The van der Waals surface area contributed by atoms with E-state index in [0.717, 1.165) is 26.6 Å². The second-order valence-corrected chi connectivity index (χ2v) is 5.77. The van der Waals surface area contributed by atoms with Gasteiger partial charge in [-0.25, -0.2) is 9.97 Å². The third kappa shape index (κ3) is 3.71. The van der Waals surface area contributed by atoms with E-state index in [1.165, 1.54) is 0 Å². The molecule has 0 saturated heterocycles. The first kappa shape index (κ1) is 13.4. The lowest BCUT2D eigenvalue weighted by molar-refractivity contribution is 0.984. The van der Waals surface area contributed by atoms with Gasteiger partial charge in [-0.15, -0.1) is 0 Å². The number of rotatable bonds is 4. The molecule has 0 saturated carbocycles. The minimum absolute atomic E-state index is 0.690. The molecule has 1 aromatic carbocycles. The number of halogens is 1. The predicted molar refractivity (Wildman–Crippen MR) is 79.2 cm³/mol. The van der Waals surface area contributed by atoms with Crippen molar-refractivity contribution in [2.75, 3.05) is 11.9 Å². The maximum Gasteiger partial charge on any atom is 0.223 e. The van der Waals surface area contributed by atoms with E-state index in [4.69, 9.17) is 0 Å². The van der Waals surface area contributed by atoms with Gasteiger partial charge in [-0.2, -0.15) is 0 Å². The van der Waals surface area contributed by atoms with E-state index in [-0.39, 0.29) is 0 Å². The molecule has 0 aliphatic carbocycles. The molecule has 1 N–H and O–H groups in total. The lowest BCUT2D eigenvalue weighted by Gasteiger charge is -2.06. The van der Waals surface area contributed by atoms with Crippen LogP contribution in [0.5, 0.6) is 0 Å². The zero-order chi connectivity index (χ0) is 13.0. The van der Waals surface area contributed by atoms with Crippen LogP contribution in [-0.2, 0) is 0 Å². The molecule has 0 radical (unpaired) electrons. The molecule has 1 heterocycles. The number of aryl methyl sites for hydroxylation is 1. The molecule has 0 fully saturated rings. The first-order chi connectivity index (χ1) is 8.67. The SMILES string of the molecule is CCNc1nc(C)cc(Sc2cccc(Br)c2)n1. The van der Waals surface area contributed by atoms with Gasteiger partial charge in [0.2, 0.25) is 5.95 Å². The summed E-state index contributed by atoms with van der Waals surface area (Å²) in [5.74, 6) is 0.690. The van der Waals surface area contributed by atoms with Crippen molar-refractivity contribution in [3.05, 3.63) is 40.5 Å². The molecule has 2 aromatic rings. The molecular formula is C13H14BrN3S. The number of anilines is 1. The molecule has 0 aliphatic rings. The van der Waals surface area contributed by atoms with Gasteiger partial charge in [-0.1, -0.05) is 33.8 Å². The average Bonchev–Trinajstić information content (AvgIpc) is 2.28. The Bertz CT molecular complexity index is 546. The normalized spacial score (nSPS) is 10.4. The second kappa shape index (κ2) is 6.20. The van der Waals surface area contributed by atoms with Gasteiger partial charge in [0, 0.05) is 21.6 Å². The summed E-state index contributed by atoms with van der Waals surface area (Å²) in [5.41, 5.74) is 0.971. The summed E-state index contributed by atoms with van der Waals surface area (Å²) in [6.07, 6.45) is 0. The minimum Gasteiger partial charge on any atom is -0.354 e. The first-order valence-electron chi connectivity index (χ1n) is 5.70. The third-order valence-electron chi connectivity index (χ3n) is 2.18. The molecule has 0 aliphatic heterocycles. The van der Waals surface area contributed by atoms with Crippen LogP contribution in [-0.4, -0.2) is 16.5 Å². The van der Waals surface area contributed by atoms with E-state index < -0.39 is 0 Å². The second-order valence-electron chi connectivity index (χ2n) is 3.76. The Morgan fingerprint density at radius 1 is 1.28 bits per heavy atom. The fourth-order valence-corrected chi connectivity index (χ4v) is 2.97. The molecule has 94 valence electrons. The van der Waals surface area contributed by atoms with Gasteiger partial charge in [0.15, 0.2) is 0 Å². The topological polar surface area (TPSA) is 37.8 Å². The standard InChI is InChI=1S/C13H14BrN3S/c1-3-15-13-16-9(2)7-12(17-13)18-11-6-4-5-10(14)8-11/h4-8H,3H2,1-2H3,(H,15,16,17). The fraction of sp³-hybridized carbons (Fsp3) is 0.231. The van der Waals surface area contributed by atoms with Crippen LogP contribution >= 0.6 is 27.7 Å². The number of hydrogen-bond donors (Lipinski definition) is 1. The number of nitrogens with zero attached hydrogens (tertiary/aromatic N) is 2. The molecule has 18 heavy (non-hydrogen) atoms. The molecule has 0 unspecified atom stereocenters. The summed E-state index contributed by atoms with van der Waals surface area (Å²) in [6, 6.07) is 10.2. The molecular weight excluding hydrogens is 310 g/mol. The smallest absolute Gasteiger partial charge is 0.223 e. The first-order valence-corrected chi connectivity index (χ1v) is 7.31. The molecule has 0 atom stereocenters. The zero-order valence-electron chi connectivity index (χ0n) is 10.3. The molecule has 2 rings (SSSR count). The third-order valence-corrected chi connectivity index (χ3v) is 3.59. The van der Waals surface area contributed by atoms with Crippen LogP contribution in [0.1, 0.15) is 12.6 Å². The van der Waals surface area contributed by atoms with Crippen LogP contribution in [0, 0.1) is 6.92 Å². The van der Waals surface area contributed by atoms with Crippen molar-refractivity contribution in [3.63, 3.8) is 0 Å². The Balaban J connectivity index is 2.23. The van der Waals surface area contributed by atoms with Crippen LogP contribution < -0.4 is 5.32 Å². The molecule has 1 aromatic heterocycles. The van der Waals surface area contributed by atoms with E-state index in [1.807, 2.05) is 32.0 Å². The Hall–Kier alpha value is -1.07. The molecule has 3 nitrogen and oxygen atoms in total. The highest BCUT2D eigenvalue weighted by Crippen LogP contribution is 2.28. The highest BCUT2D eigenvalue weighted by atomic mass is 79.9. The predicted octanol–water partition coefficient (Wildman–Crippen LogP) is 4.13. The van der Waals surface area contributed by atoms with Crippen LogP contribution in [0.2, 0.25) is 0 Å². The zero-order valence-corrected chi connectivity index (χ0v) is 12.7. The molecule has 0 bridgehead atoms. The summed E-state index contributed by atoms with van der Waals surface area (Å²) in [5, 5.41) is 4.10. The van der Waals surface area contributed by atoms with Gasteiger partial charge >= 0.3 is 0 Å². The Labute approximate surface area is 120 Å². The minimum atomic E-state index is 0.690. The van der Waals surface area contributed by atoms with Gasteiger partial charge in [-0.05, 0) is 38.1 Å². The molecule has 0 amide bonds. The summed E-state index contributed by atoms with van der Waals surface area (Å²) in [4.78, 5) is 9.97. The van der Waals surface area contributed by atoms with Crippen molar-refractivity contribution in [1.82, 2.24) is 9.97 Å². The number of benzene rings is 1. The van der Waals surface area contributed by atoms with E-state index >= 15 is 0 Å². The van der Waals surface area contributed by atoms with E-state index in [9.17, 15) is 0 Å².